The molecule has 1 aliphatic rings. The maximum atomic E-state index is 13.0. The summed E-state index contributed by atoms with van der Waals surface area (Å²) in [5.74, 6) is -1.35. The van der Waals surface area contributed by atoms with Crippen molar-refractivity contribution in [1.29, 1.82) is 0 Å². The van der Waals surface area contributed by atoms with Crippen LogP contribution in [0.15, 0.2) is 24.3 Å². The maximum Gasteiger partial charge on any atom is 0.325 e. The molecule has 2 aromatic rings. The van der Waals surface area contributed by atoms with Gasteiger partial charge in [-0.1, -0.05) is 11.3 Å². The summed E-state index contributed by atoms with van der Waals surface area (Å²) < 4.78 is 17.8. The molecule has 0 aliphatic carbocycles. The number of aromatic nitrogens is 2. The first-order valence-corrected chi connectivity index (χ1v) is 10.4. The molecule has 1 atom stereocenters. The average molecular weight is 435 g/mol. The molecule has 2 N–H and O–H groups in total. The average Bonchev–Trinajstić information content (AvgIpc) is 3.24. The van der Waals surface area contributed by atoms with Crippen LogP contribution in [0, 0.1) is 5.82 Å². The minimum Gasteiger partial charge on any atom is -0.465 e. The highest BCUT2D eigenvalue weighted by Crippen LogP contribution is 2.29. The molecule has 1 aromatic carbocycles. The molecule has 11 heteroatoms. The second kappa shape index (κ2) is 10.1. The van der Waals surface area contributed by atoms with Gasteiger partial charge in [-0.05, 0) is 44.0 Å². The number of nitrogens with one attached hydrogen (secondary N) is 2. The fourth-order valence-corrected chi connectivity index (χ4v) is 3.91. The summed E-state index contributed by atoms with van der Waals surface area (Å²) >= 11 is 1.17. The molecule has 30 heavy (non-hydrogen) atoms. The fourth-order valence-electron chi connectivity index (χ4n) is 3.04. The zero-order chi connectivity index (χ0) is 21.5. The highest BCUT2D eigenvalue weighted by Gasteiger charge is 2.28. The molecule has 1 fully saturated rings. The second-order valence-electron chi connectivity index (χ2n) is 6.66. The van der Waals surface area contributed by atoms with Crippen molar-refractivity contribution < 1.29 is 23.5 Å². The molecule has 0 saturated carbocycles. The quantitative estimate of drug-likeness (QED) is 0.674. The van der Waals surface area contributed by atoms with Crippen LogP contribution in [0.4, 0.5) is 14.9 Å². The number of rotatable bonds is 6. The summed E-state index contributed by atoms with van der Waals surface area (Å²) in [4.78, 5) is 37.7. The number of halogens is 1. The predicted octanol–water partition coefficient (Wildman–Crippen LogP) is 2.38. The van der Waals surface area contributed by atoms with Crippen LogP contribution in [-0.2, 0) is 9.53 Å². The number of carbonyl (C=O) groups is 3. The van der Waals surface area contributed by atoms with E-state index in [-0.39, 0.29) is 35.9 Å². The highest BCUT2D eigenvalue weighted by molar-refractivity contribution is 7.13. The summed E-state index contributed by atoms with van der Waals surface area (Å²) in [5.41, 5.74) is 0.459. The van der Waals surface area contributed by atoms with Gasteiger partial charge in [-0.3, -0.25) is 9.59 Å². The SMILES string of the molecule is CCOC(=O)CNC(=O)N1CCCC(c2nnc(C(=O)Nc3ccc(F)cc3)s2)C1. The summed E-state index contributed by atoms with van der Waals surface area (Å²) in [5, 5.41) is 14.1. The molecular formula is C19H22FN5O4S. The molecule has 2 heterocycles. The molecule has 3 amide bonds. The van der Waals surface area contributed by atoms with E-state index in [0.29, 0.717) is 23.8 Å². The topological polar surface area (TPSA) is 114 Å². The Morgan fingerprint density at radius 1 is 1.27 bits per heavy atom. The number of carbonyl (C=O) groups excluding carboxylic acids is 3. The van der Waals surface area contributed by atoms with Gasteiger partial charge >= 0.3 is 12.0 Å². The molecule has 9 nitrogen and oxygen atoms in total. The van der Waals surface area contributed by atoms with E-state index in [1.54, 1.807) is 11.8 Å². The van der Waals surface area contributed by atoms with Gasteiger partial charge in [-0.2, -0.15) is 0 Å². The lowest BCUT2D eigenvalue weighted by Gasteiger charge is -2.31. The van der Waals surface area contributed by atoms with Gasteiger partial charge in [0, 0.05) is 24.7 Å². The molecule has 1 aromatic heterocycles. The van der Waals surface area contributed by atoms with Crippen molar-refractivity contribution >= 4 is 34.9 Å². The van der Waals surface area contributed by atoms with Crippen LogP contribution in [-0.4, -0.2) is 59.2 Å². The van der Waals surface area contributed by atoms with Gasteiger partial charge in [0.1, 0.15) is 17.4 Å². The highest BCUT2D eigenvalue weighted by atomic mass is 32.1. The largest absolute Gasteiger partial charge is 0.465 e. The number of esters is 1. The van der Waals surface area contributed by atoms with Crippen LogP contribution < -0.4 is 10.6 Å². The van der Waals surface area contributed by atoms with Crippen molar-refractivity contribution in [2.24, 2.45) is 0 Å². The van der Waals surface area contributed by atoms with Crippen LogP contribution in [0.1, 0.15) is 40.5 Å². The number of amides is 3. The summed E-state index contributed by atoms with van der Waals surface area (Å²) in [6, 6.07) is 5.09. The zero-order valence-corrected chi connectivity index (χ0v) is 17.2. The molecule has 1 aliphatic heterocycles. The monoisotopic (exact) mass is 435 g/mol. The van der Waals surface area contributed by atoms with E-state index >= 15 is 0 Å². The molecular weight excluding hydrogens is 413 g/mol. The minimum absolute atomic E-state index is 0.0445. The lowest BCUT2D eigenvalue weighted by molar-refractivity contribution is -0.141. The standard InChI is InChI=1S/C19H22FN5O4S/c1-2-29-15(26)10-21-19(28)25-9-3-4-12(11-25)17-23-24-18(30-17)16(27)22-14-7-5-13(20)6-8-14/h5-8,12H,2-4,9-11H2,1H3,(H,21,28)(H,22,27). The van der Waals surface area contributed by atoms with E-state index in [1.807, 2.05) is 0 Å². The van der Waals surface area contributed by atoms with Crippen LogP contribution >= 0.6 is 11.3 Å². The van der Waals surface area contributed by atoms with E-state index in [0.717, 1.165) is 12.8 Å². The molecule has 0 bridgehead atoms. The Morgan fingerprint density at radius 3 is 2.77 bits per heavy atom. The third kappa shape index (κ3) is 5.72. The molecule has 0 radical (unpaired) electrons. The molecule has 1 unspecified atom stereocenters. The smallest absolute Gasteiger partial charge is 0.325 e. The van der Waals surface area contributed by atoms with Gasteiger partial charge in [0.2, 0.25) is 5.01 Å². The summed E-state index contributed by atoms with van der Waals surface area (Å²) in [6.07, 6.45) is 1.59. The van der Waals surface area contributed by atoms with Crippen LogP contribution in [0.5, 0.6) is 0 Å². The number of hydrogen-bond acceptors (Lipinski definition) is 7. The Hall–Kier alpha value is -3.08. The first-order valence-electron chi connectivity index (χ1n) is 9.55. The van der Waals surface area contributed by atoms with E-state index in [9.17, 15) is 18.8 Å². The number of likely N-dealkylation sites (tertiary alicyclic amines) is 1. The van der Waals surface area contributed by atoms with Crippen LogP contribution in [0.2, 0.25) is 0 Å². The van der Waals surface area contributed by atoms with Crippen molar-refractivity contribution in [2.75, 3.05) is 31.6 Å². The molecule has 1 saturated heterocycles. The zero-order valence-electron chi connectivity index (χ0n) is 16.4. The van der Waals surface area contributed by atoms with Crippen molar-refractivity contribution in [3.05, 3.63) is 40.1 Å². The first kappa shape index (κ1) is 21.6. The van der Waals surface area contributed by atoms with E-state index < -0.39 is 11.9 Å². The van der Waals surface area contributed by atoms with Gasteiger partial charge in [0.25, 0.3) is 5.91 Å². The van der Waals surface area contributed by atoms with Gasteiger partial charge in [0.15, 0.2) is 0 Å². The molecule has 3 rings (SSSR count). The number of piperidine rings is 1. The Balaban J connectivity index is 1.56. The number of urea groups is 1. The number of anilines is 1. The lowest BCUT2D eigenvalue weighted by Crippen LogP contribution is -2.46. The van der Waals surface area contributed by atoms with E-state index in [2.05, 4.69) is 20.8 Å². The predicted molar refractivity (Wildman–Crippen MR) is 108 cm³/mol. The molecule has 0 spiro atoms. The third-order valence-electron chi connectivity index (χ3n) is 4.48. The number of nitrogens with zero attached hydrogens (tertiary/aromatic N) is 3. The van der Waals surface area contributed by atoms with Gasteiger partial charge in [-0.25, -0.2) is 9.18 Å². The van der Waals surface area contributed by atoms with Crippen molar-refractivity contribution in [2.45, 2.75) is 25.7 Å². The Morgan fingerprint density at radius 2 is 2.03 bits per heavy atom. The van der Waals surface area contributed by atoms with Crippen molar-refractivity contribution in [3.63, 3.8) is 0 Å². The Bertz CT molecular complexity index is 905. The van der Waals surface area contributed by atoms with Crippen molar-refractivity contribution in [1.82, 2.24) is 20.4 Å². The van der Waals surface area contributed by atoms with E-state index in [4.69, 9.17) is 4.74 Å². The van der Waals surface area contributed by atoms with Gasteiger partial charge < -0.3 is 20.3 Å². The normalized spacial score (nSPS) is 16.1. The van der Waals surface area contributed by atoms with E-state index in [1.165, 1.54) is 35.6 Å². The lowest BCUT2D eigenvalue weighted by atomic mass is 9.99. The minimum atomic E-state index is -0.486. The number of benzene rings is 1. The maximum absolute atomic E-state index is 13.0. The fraction of sp³-hybridized carbons (Fsp3) is 0.421. The second-order valence-corrected chi connectivity index (χ2v) is 7.66. The Kier molecular flexibility index (Phi) is 7.28. The van der Waals surface area contributed by atoms with Gasteiger partial charge in [0.05, 0.1) is 6.61 Å². The van der Waals surface area contributed by atoms with Crippen LogP contribution in [0.25, 0.3) is 0 Å². The van der Waals surface area contributed by atoms with Crippen molar-refractivity contribution in [3.8, 4) is 0 Å². The van der Waals surface area contributed by atoms with Gasteiger partial charge in [-0.15, -0.1) is 10.2 Å². The number of hydrogen-bond donors (Lipinski definition) is 2. The molecule has 160 valence electrons. The third-order valence-corrected chi connectivity index (χ3v) is 5.57. The number of ether oxygens (including phenoxy) is 1. The first-order chi connectivity index (χ1) is 14.5. The summed E-state index contributed by atoms with van der Waals surface area (Å²) in [6.45, 7) is 2.77. The Labute approximate surface area is 176 Å². The van der Waals surface area contributed by atoms with Crippen LogP contribution in [0.3, 0.4) is 0 Å². The summed E-state index contributed by atoms with van der Waals surface area (Å²) in [7, 11) is 0.